The van der Waals surface area contributed by atoms with Crippen LogP contribution in [0.1, 0.15) is 17.3 Å². The van der Waals surface area contributed by atoms with Crippen molar-refractivity contribution in [3.05, 3.63) is 47.1 Å². The van der Waals surface area contributed by atoms with Crippen LogP contribution in [-0.4, -0.2) is 10.1 Å². The van der Waals surface area contributed by atoms with Gasteiger partial charge in [0, 0.05) is 0 Å². The maximum atomic E-state index is 12.9. The van der Waals surface area contributed by atoms with E-state index in [9.17, 15) is 8.78 Å². The third kappa shape index (κ3) is 2.22. The number of nitrogens with two attached hydrogens (primary N) is 1. The summed E-state index contributed by atoms with van der Waals surface area (Å²) in [6.07, 6.45) is 0.254. The third-order valence-corrected chi connectivity index (χ3v) is 2.03. The summed E-state index contributed by atoms with van der Waals surface area (Å²) in [7, 11) is 0. The van der Waals surface area contributed by atoms with Crippen molar-refractivity contribution in [3.63, 3.8) is 0 Å². The molecule has 1 aromatic carbocycles. The largest absolute Gasteiger partial charge is 0.339 e. The minimum Gasteiger partial charge on any atom is -0.339 e. The first-order chi connectivity index (χ1) is 7.69. The summed E-state index contributed by atoms with van der Waals surface area (Å²) >= 11 is 0. The van der Waals surface area contributed by atoms with Gasteiger partial charge in [-0.2, -0.15) is 4.98 Å². The molecule has 0 spiro atoms. The van der Waals surface area contributed by atoms with Gasteiger partial charge in [0.25, 0.3) is 0 Å². The lowest BCUT2D eigenvalue weighted by Crippen LogP contribution is -1.98. The number of benzene rings is 1. The van der Waals surface area contributed by atoms with Crippen molar-refractivity contribution in [2.45, 2.75) is 13.0 Å². The van der Waals surface area contributed by atoms with Crippen LogP contribution in [0.3, 0.4) is 0 Å². The molecule has 84 valence electrons. The topological polar surface area (TPSA) is 64.9 Å². The third-order valence-electron chi connectivity index (χ3n) is 2.03. The minimum absolute atomic E-state index is 0.182. The van der Waals surface area contributed by atoms with Gasteiger partial charge in [-0.3, -0.25) is 0 Å². The molecule has 0 aliphatic carbocycles. The van der Waals surface area contributed by atoms with E-state index in [4.69, 9.17) is 10.3 Å². The molecule has 0 saturated heterocycles. The Morgan fingerprint density at radius 1 is 1.25 bits per heavy atom. The fourth-order valence-electron chi connectivity index (χ4n) is 1.27. The molecule has 2 N–H and O–H groups in total. The summed E-state index contributed by atoms with van der Waals surface area (Å²) in [4.78, 5) is 3.96. The number of hydrogen-bond acceptors (Lipinski definition) is 4. The van der Waals surface area contributed by atoms with Crippen LogP contribution < -0.4 is 5.73 Å². The summed E-state index contributed by atoms with van der Waals surface area (Å²) in [5, 5.41) is 3.59. The number of aromatic nitrogens is 2. The fraction of sp³-hybridized carbons (Fsp3) is 0.200. The molecule has 0 unspecified atom stereocenters. The molecule has 0 saturated carbocycles. The molecule has 0 fully saturated rings. The highest BCUT2D eigenvalue weighted by Gasteiger charge is 2.08. The Balaban J connectivity index is 2.17. The Bertz CT molecular complexity index is 499. The summed E-state index contributed by atoms with van der Waals surface area (Å²) in [6, 6.07) is 3.62. The first kappa shape index (κ1) is 10.7. The van der Waals surface area contributed by atoms with Crippen molar-refractivity contribution in [2.75, 3.05) is 0 Å². The molecule has 1 aromatic heterocycles. The van der Waals surface area contributed by atoms with Gasteiger partial charge < -0.3 is 10.3 Å². The predicted molar refractivity (Wildman–Crippen MR) is 51.4 cm³/mol. The Morgan fingerprint density at radius 2 is 2.06 bits per heavy atom. The van der Waals surface area contributed by atoms with E-state index in [1.165, 1.54) is 6.07 Å². The molecule has 0 atom stereocenters. The molecule has 4 nitrogen and oxygen atoms in total. The lowest BCUT2D eigenvalue weighted by molar-refractivity contribution is 0.379. The van der Waals surface area contributed by atoms with Crippen molar-refractivity contribution >= 4 is 0 Å². The second-order valence-corrected chi connectivity index (χ2v) is 3.23. The molecule has 0 bridgehead atoms. The van der Waals surface area contributed by atoms with Gasteiger partial charge in [0.15, 0.2) is 17.5 Å². The Hall–Kier alpha value is -1.82. The molecule has 16 heavy (non-hydrogen) atoms. The van der Waals surface area contributed by atoms with E-state index in [1.807, 2.05) is 0 Å². The molecular weight excluding hydrogens is 216 g/mol. The van der Waals surface area contributed by atoms with Crippen molar-refractivity contribution < 1.29 is 13.3 Å². The standard InChI is InChI=1S/C10H9F2N3O/c11-7-2-1-6(3-8(7)12)4-10-14-9(5-13)15-16-10/h1-3H,4-5,13H2. The van der Waals surface area contributed by atoms with E-state index in [2.05, 4.69) is 10.1 Å². The average Bonchev–Trinajstić information content (AvgIpc) is 2.71. The molecule has 2 rings (SSSR count). The van der Waals surface area contributed by atoms with Crippen molar-refractivity contribution in [3.8, 4) is 0 Å². The average molecular weight is 225 g/mol. The molecule has 2 aromatic rings. The van der Waals surface area contributed by atoms with Gasteiger partial charge in [-0.05, 0) is 17.7 Å². The number of rotatable bonds is 3. The molecule has 1 heterocycles. The second-order valence-electron chi connectivity index (χ2n) is 3.23. The molecular formula is C10H9F2N3O. The normalized spacial score (nSPS) is 10.7. The van der Waals surface area contributed by atoms with Gasteiger partial charge in [-0.1, -0.05) is 11.2 Å². The summed E-state index contributed by atoms with van der Waals surface area (Å²) in [6.45, 7) is 0.182. The smallest absolute Gasteiger partial charge is 0.231 e. The highest BCUT2D eigenvalue weighted by Crippen LogP contribution is 2.12. The highest BCUT2D eigenvalue weighted by atomic mass is 19.2. The van der Waals surface area contributed by atoms with Gasteiger partial charge in [-0.15, -0.1) is 0 Å². The highest BCUT2D eigenvalue weighted by molar-refractivity contribution is 5.20. The van der Waals surface area contributed by atoms with Crippen molar-refractivity contribution in [1.29, 1.82) is 0 Å². The lowest BCUT2D eigenvalue weighted by atomic mass is 10.1. The maximum Gasteiger partial charge on any atom is 0.231 e. The summed E-state index contributed by atoms with van der Waals surface area (Å²) in [5.41, 5.74) is 5.87. The van der Waals surface area contributed by atoms with Crippen LogP contribution in [-0.2, 0) is 13.0 Å². The van der Waals surface area contributed by atoms with E-state index in [-0.39, 0.29) is 13.0 Å². The predicted octanol–water partition coefficient (Wildman–Crippen LogP) is 1.40. The lowest BCUT2D eigenvalue weighted by Gasteiger charge is -1.97. The Kier molecular flexibility index (Phi) is 2.91. The van der Waals surface area contributed by atoms with Gasteiger partial charge in [0.05, 0.1) is 13.0 Å². The minimum atomic E-state index is -0.893. The zero-order chi connectivity index (χ0) is 11.5. The van der Waals surface area contributed by atoms with Crippen LogP contribution in [0, 0.1) is 11.6 Å². The van der Waals surface area contributed by atoms with E-state index < -0.39 is 11.6 Å². The molecule has 6 heteroatoms. The van der Waals surface area contributed by atoms with Gasteiger partial charge >= 0.3 is 0 Å². The first-order valence-electron chi connectivity index (χ1n) is 4.64. The van der Waals surface area contributed by atoms with Crippen LogP contribution >= 0.6 is 0 Å². The van der Waals surface area contributed by atoms with Crippen LogP contribution in [0.15, 0.2) is 22.7 Å². The van der Waals surface area contributed by atoms with E-state index in [0.717, 1.165) is 12.1 Å². The monoisotopic (exact) mass is 225 g/mol. The van der Waals surface area contributed by atoms with Crippen LogP contribution in [0.25, 0.3) is 0 Å². The quantitative estimate of drug-likeness (QED) is 0.857. The van der Waals surface area contributed by atoms with Gasteiger partial charge in [0.1, 0.15) is 0 Å². The van der Waals surface area contributed by atoms with Crippen molar-refractivity contribution in [1.82, 2.24) is 10.1 Å². The summed E-state index contributed by atoms with van der Waals surface area (Å²) < 4.78 is 30.4. The van der Waals surface area contributed by atoms with Crippen molar-refractivity contribution in [2.24, 2.45) is 5.73 Å². The first-order valence-corrected chi connectivity index (χ1v) is 4.64. The maximum absolute atomic E-state index is 12.9. The Morgan fingerprint density at radius 3 is 2.69 bits per heavy atom. The molecule has 0 radical (unpaired) electrons. The van der Waals surface area contributed by atoms with Gasteiger partial charge in [-0.25, -0.2) is 8.78 Å². The zero-order valence-electron chi connectivity index (χ0n) is 8.28. The van der Waals surface area contributed by atoms with Crippen LogP contribution in [0.2, 0.25) is 0 Å². The fourth-order valence-corrected chi connectivity index (χ4v) is 1.27. The van der Waals surface area contributed by atoms with Crippen LogP contribution in [0.5, 0.6) is 0 Å². The van der Waals surface area contributed by atoms with E-state index in [0.29, 0.717) is 17.3 Å². The molecule has 0 aliphatic heterocycles. The Labute approximate surface area is 90.1 Å². The molecule has 0 amide bonds. The SMILES string of the molecule is NCc1noc(Cc2ccc(F)c(F)c2)n1. The number of hydrogen-bond donors (Lipinski definition) is 1. The zero-order valence-corrected chi connectivity index (χ0v) is 8.28. The number of halogens is 2. The van der Waals surface area contributed by atoms with E-state index in [1.54, 1.807) is 0 Å². The van der Waals surface area contributed by atoms with Crippen LogP contribution in [0.4, 0.5) is 8.78 Å². The van der Waals surface area contributed by atoms with Gasteiger partial charge in [0.2, 0.25) is 5.89 Å². The second kappa shape index (κ2) is 4.36. The molecule has 0 aliphatic rings. The number of nitrogens with zero attached hydrogens (tertiary/aromatic N) is 2. The van der Waals surface area contributed by atoms with E-state index >= 15 is 0 Å². The summed E-state index contributed by atoms with van der Waals surface area (Å²) in [5.74, 6) is -1.06.